The fourth-order valence-electron chi connectivity index (χ4n) is 1.66. The minimum atomic E-state index is -0.242. The molecule has 2 rings (SSSR count). The number of imidazole rings is 1. The third-order valence-corrected chi connectivity index (χ3v) is 3.22. The van der Waals surface area contributed by atoms with E-state index in [-0.39, 0.29) is 6.10 Å². The Balaban J connectivity index is 1.80. The number of rotatable bonds is 6. The van der Waals surface area contributed by atoms with Gasteiger partial charge in [-0.1, -0.05) is 13.3 Å². The molecule has 0 spiro atoms. The summed E-state index contributed by atoms with van der Waals surface area (Å²) in [4.78, 5) is 5.47. The van der Waals surface area contributed by atoms with Gasteiger partial charge in [0.25, 0.3) is 0 Å². The summed E-state index contributed by atoms with van der Waals surface area (Å²) in [6.07, 6.45) is 5.65. The van der Waals surface area contributed by atoms with E-state index >= 15 is 0 Å². The van der Waals surface area contributed by atoms with E-state index in [1.165, 1.54) is 0 Å². The SMILES string of the molecule is CCCC(O)CNCc1cn2ccsc2n1. The van der Waals surface area contributed by atoms with E-state index in [1.54, 1.807) is 11.3 Å². The van der Waals surface area contributed by atoms with Crippen molar-refractivity contribution in [3.05, 3.63) is 23.5 Å². The Hall–Kier alpha value is -0.910. The molecule has 0 aliphatic rings. The molecule has 2 aromatic heterocycles. The lowest BCUT2D eigenvalue weighted by Crippen LogP contribution is -2.26. The van der Waals surface area contributed by atoms with Crippen molar-refractivity contribution in [1.82, 2.24) is 14.7 Å². The van der Waals surface area contributed by atoms with Crippen molar-refractivity contribution in [2.75, 3.05) is 6.54 Å². The van der Waals surface area contributed by atoms with Gasteiger partial charge >= 0.3 is 0 Å². The predicted molar refractivity (Wildman–Crippen MR) is 65.7 cm³/mol. The molecule has 16 heavy (non-hydrogen) atoms. The first kappa shape index (κ1) is 11.6. The highest BCUT2D eigenvalue weighted by Crippen LogP contribution is 2.10. The van der Waals surface area contributed by atoms with Crippen LogP contribution in [0, 0.1) is 0 Å². The zero-order chi connectivity index (χ0) is 11.4. The lowest BCUT2D eigenvalue weighted by Gasteiger charge is -2.09. The molecule has 1 atom stereocenters. The average molecular weight is 239 g/mol. The Morgan fingerprint density at radius 1 is 1.62 bits per heavy atom. The third kappa shape index (κ3) is 2.81. The van der Waals surface area contributed by atoms with Gasteiger partial charge in [0.15, 0.2) is 4.96 Å². The lowest BCUT2D eigenvalue weighted by atomic mass is 10.2. The van der Waals surface area contributed by atoms with E-state index in [4.69, 9.17) is 0 Å². The third-order valence-electron chi connectivity index (χ3n) is 2.45. The second-order valence-corrected chi connectivity index (χ2v) is 4.77. The Morgan fingerprint density at radius 3 is 3.25 bits per heavy atom. The molecular formula is C11H17N3OS. The standard InChI is InChI=1S/C11H17N3OS/c1-2-3-10(15)7-12-6-9-8-14-4-5-16-11(14)13-9/h4-5,8,10,12,15H,2-3,6-7H2,1H3. The molecule has 0 aliphatic heterocycles. The van der Waals surface area contributed by atoms with Crippen molar-refractivity contribution in [3.63, 3.8) is 0 Å². The van der Waals surface area contributed by atoms with Crippen molar-refractivity contribution in [1.29, 1.82) is 0 Å². The van der Waals surface area contributed by atoms with Crippen molar-refractivity contribution in [2.24, 2.45) is 0 Å². The molecule has 0 fully saturated rings. The molecule has 0 saturated carbocycles. The first-order chi connectivity index (χ1) is 7.79. The van der Waals surface area contributed by atoms with E-state index in [0.717, 1.165) is 30.0 Å². The summed E-state index contributed by atoms with van der Waals surface area (Å²) >= 11 is 1.63. The predicted octanol–water partition coefficient (Wildman–Crippen LogP) is 1.65. The number of hydrogen-bond donors (Lipinski definition) is 2. The van der Waals surface area contributed by atoms with E-state index in [2.05, 4.69) is 17.2 Å². The Morgan fingerprint density at radius 2 is 2.50 bits per heavy atom. The maximum absolute atomic E-state index is 9.54. The monoisotopic (exact) mass is 239 g/mol. The number of aliphatic hydroxyl groups excluding tert-OH is 1. The molecule has 88 valence electrons. The van der Waals surface area contributed by atoms with Crippen molar-refractivity contribution in [3.8, 4) is 0 Å². The van der Waals surface area contributed by atoms with Gasteiger partial charge in [-0.25, -0.2) is 4.98 Å². The molecule has 5 heteroatoms. The summed E-state index contributed by atoms with van der Waals surface area (Å²) in [6.45, 7) is 3.43. The van der Waals surface area contributed by atoms with Crippen LogP contribution in [-0.4, -0.2) is 27.1 Å². The van der Waals surface area contributed by atoms with Crippen LogP contribution in [-0.2, 0) is 6.54 Å². The zero-order valence-electron chi connectivity index (χ0n) is 9.39. The first-order valence-electron chi connectivity index (χ1n) is 5.59. The number of hydrogen-bond acceptors (Lipinski definition) is 4. The van der Waals surface area contributed by atoms with Gasteiger partial charge in [-0.05, 0) is 6.42 Å². The van der Waals surface area contributed by atoms with E-state index in [9.17, 15) is 5.11 Å². The maximum atomic E-state index is 9.54. The molecule has 4 nitrogen and oxygen atoms in total. The molecule has 0 bridgehead atoms. The van der Waals surface area contributed by atoms with Crippen LogP contribution in [0.25, 0.3) is 4.96 Å². The number of nitrogens with zero attached hydrogens (tertiary/aromatic N) is 2. The van der Waals surface area contributed by atoms with Crippen molar-refractivity contribution < 1.29 is 5.11 Å². The fourth-order valence-corrected chi connectivity index (χ4v) is 2.38. The molecule has 0 amide bonds. The van der Waals surface area contributed by atoms with Gasteiger partial charge in [0, 0.05) is 30.9 Å². The van der Waals surface area contributed by atoms with Crippen LogP contribution in [0.3, 0.4) is 0 Å². The summed E-state index contributed by atoms with van der Waals surface area (Å²) in [6, 6.07) is 0. The molecule has 0 aliphatic carbocycles. The van der Waals surface area contributed by atoms with Crippen molar-refractivity contribution in [2.45, 2.75) is 32.4 Å². The minimum Gasteiger partial charge on any atom is -0.392 e. The highest BCUT2D eigenvalue weighted by atomic mass is 32.1. The Kier molecular flexibility index (Phi) is 3.93. The number of aromatic nitrogens is 2. The fraction of sp³-hybridized carbons (Fsp3) is 0.545. The smallest absolute Gasteiger partial charge is 0.193 e. The molecule has 0 radical (unpaired) electrons. The molecular weight excluding hydrogens is 222 g/mol. The van der Waals surface area contributed by atoms with Gasteiger partial charge in [0.05, 0.1) is 11.8 Å². The van der Waals surface area contributed by atoms with Crippen LogP contribution in [0.2, 0.25) is 0 Å². The quantitative estimate of drug-likeness (QED) is 0.806. The summed E-state index contributed by atoms with van der Waals surface area (Å²) in [5, 5.41) is 14.8. The second kappa shape index (κ2) is 5.43. The van der Waals surface area contributed by atoms with Crippen LogP contribution in [0.4, 0.5) is 0 Å². The highest BCUT2D eigenvalue weighted by Gasteiger charge is 2.04. The highest BCUT2D eigenvalue weighted by molar-refractivity contribution is 7.15. The minimum absolute atomic E-state index is 0.242. The van der Waals surface area contributed by atoms with Crippen molar-refractivity contribution >= 4 is 16.3 Å². The largest absolute Gasteiger partial charge is 0.392 e. The van der Waals surface area contributed by atoms with Gasteiger partial charge in [0.2, 0.25) is 0 Å². The maximum Gasteiger partial charge on any atom is 0.193 e. The Bertz CT molecular complexity index is 409. The van der Waals surface area contributed by atoms with E-state index < -0.39 is 0 Å². The topological polar surface area (TPSA) is 49.6 Å². The first-order valence-corrected chi connectivity index (χ1v) is 6.47. The zero-order valence-corrected chi connectivity index (χ0v) is 10.2. The van der Waals surface area contributed by atoms with Gasteiger partial charge in [-0.2, -0.15) is 0 Å². The second-order valence-electron chi connectivity index (χ2n) is 3.90. The van der Waals surface area contributed by atoms with Gasteiger partial charge in [0.1, 0.15) is 0 Å². The average Bonchev–Trinajstić information content (AvgIpc) is 2.78. The molecule has 0 aromatic carbocycles. The van der Waals surface area contributed by atoms with Crippen LogP contribution >= 0.6 is 11.3 Å². The van der Waals surface area contributed by atoms with Crippen LogP contribution < -0.4 is 5.32 Å². The molecule has 2 heterocycles. The van der Waals surface area contributed by atoms with Gasteiger partial charge in [-0.15, -0.1) is 11.3 Å². The van der Waals surface area contributed by atoms with Crippen LogP contribution in [0.1, 0.15) is 25.5 Å². The molecule has 2 N–H and O–H groups in total. The van der Waals surface area contributed by atoms with Gasteiger partial charge in [-0.3, -0.25) is 4.40 Å². The lowest BCUT2D eigenvalue weighted by molar-refractivity contribution is 0.160. The number of nitrogens with one attached hydrogen (secondary N) is 1. The number of thiazole rings is 1. The summed E-state index contributed by atoms with van der Waals surface area (Å²) in [5.74, 6) is 0. The molecule has 2 aromatic rings. The Labute approximate surface area is 98.9 Å². The van der Waals surface area contributed by atoms with E-state index in [1.807, 2.05) is 22.2 Å². The van der Waals surface area contributed by atoms with Gasteiger partial charge < -0.3 is 10.4 Å². The normalized spacial score (nSPS) is 13.4. The molecule has 1 unspecified atom stereocenters. The van der Waals surface area contributed by atoms with Crippen LogP contribution in [0.15, 0.2) is 17.8 Å². The van der Waals surface area contributed by atoms with E-state index in [0.29, 0.717) is 6.54 Å². The molecule has 0 saturated heterocycles. The summed E-state index contributed by atoms with van der Waals surface area (Å²) in [7, 11) is 0. The number of fused-ring (bicyclic) bond motifs is 1. The number of aliphatic hydroxyl groups is 1. The van der Waals surface area contributed by atoms with Crippen LogP contribution in [0.5, 0.6) is 0 Å². The summed E-state index contributed by atoms with van der Waals surface area (Å²) < 4.78 is 2.02. The summed E-state index contributed by atoms with van der Waals surface area (Å²) in [5.41, 5.74) is 1.02.